The Morgan fingerprint density at radius 1 is 0.944 bits per heavy atom. The van der Waals surface area contributed by atoms with E-state index in [-0.39, 0.29) is 45.4 Å². The summed E-state index contributed by atoms with van der Waals surface area (Å²) in [5.74, 6) is -0.201. The van der Waals surface area contributed by atoms with Crippen LogP contribution >= 0.6 is 11.6 Å². The molecule has 6 N–H and O–H groups in total. The zero-order valence-electron chi connectivity index (χ0n) is 29.5. The standard InChI is InChI=1S/C39H41ClN4O10/c1-23-27(3-2-4-32(23)26-5-6-34-37(9-26)54-31(22-53-34)19-44-18-30(46)11-39(49)50)21-52-36-12-35(51-20-25-7-24(13-41)14-42-15-25)28(8-33(36)40)16-43-17-29(45)10-38(47)48/h2-9,12,14-15,29-31,43-46H,10-11,16-22H2,1H3,(H,47,48)(H,49,50)/t29-,30?,31?/m0/s1. The van der Waals surface area contributed by atoms with E-state index in [1.165, 1.54) is 6.20 Å². The second kappa shape index (κ2) is 19.1. The Bertz CT molecular complexity index is 1990. The number of pyridine rings is 1. The van der Waals surface area contributed by atoms with E-state index >= 15 is 0 Å². The number of aliphatic hydroxyl groups excluding tert-OH is 2. The maximum absolute atomic E-state index is 11.0. The summed E-state index contributed by atoms with van der Waals surface area (Å²) in [5, 5.41) is 53.3. The van der Waals surface area contributed by atoms with E-state index in [0.717, 1.165) is 22.3 Å². The number of nitrogens with zero attached hydrogens (tertiary/aromatic N) is 2. The maximum atomic E-state index is 11.0. The van der Waals surface area contributed by atoms with Crippen molar-refractivity contribution in [2.45, 2.75) is 57.8 Å². The fourth-order valence-corrected chi connectivity index (χ4v) is 6.01. The number of carboxylic acid groups (broad SMARTS) is 2. The van der Waals surface area contributed by atoms with Crippen LogP contribution in [-0.4, -0.2) is 81.9 Å². The smallest absolute Gasteiger partial charge is 0.306 e. The first-order valence-electron chi connectivity index (χ1n) is 17.1. The summed E-state index contributed by atoms with van der Waals surface area (Å²) < 4.78 is 24.5. The first-order chi connectivity index (χ1) is 26.0. The number of carbonyl (C=O) groups is 2. The molecule has 1 aliphatic rings. The van der Waals surface area contributed by atoms with Gasteiger partial charge in [-0.2, -0.15) is 5.26 Å². The number of fused-ring (bicyclic) bond motifs is 1. The number of aliphatic hydroxyl groups is 2. The number of aromatic nitrogens is 1. The number of aliphatic carboxylic acids is 2. The minimum absolute atomic E-state index is 0.0354. The van der Waals surface area contributed by atoms with Crippen molar-refractivity contribution >= 4 is 23.5 Å². The lowest BCUT2D eigenvalue weighted by Gasteiger charge is -2.27. The lowest BCUT2D eigenvalue weighted by molar-refractivity contribution is -0.140. The third-order valence-corrected chi connectivity index (χ3v) is 8.80. The Hall–Kier alpha value is -5.43. The van der Waals surface area contributed by atoms with Gasteiger partial charge in [-0.05, 0) is 53.4 Å². The first-order valence-corrected chi connectivity index (χ1v) is 17.5. The first kappa shape index (κ1) is 39.8. The van der Waals surface area contributed by atoms with Gasteiger partial charge in [-0.1, -0.05) is 35.9 Å². The number of rotatable bonds is 19. The number of benzene rings is 3. The van der Waals surface area contributed by atoms with Crippen LogP contribution in [0.5, 0.6) is 23.0 Å². The molecule has 54 heavy (non-hydrogen) atoms. The van der Waals surface area contributed by atoms with Crippen LogP contribution in [-0.2, 0) is 29.3 Å². The molecule has 0 saturated heterocycles. The van der Waals surface area contributed by atoms with Crippen LogP contribution in [0.15, 0.2) is 67.0 Å². The molecule has 3 atom stereocenters. The van der Waals surface area contributed by atoms with Crippen LogP contribution in [0, 0.1) is 18.3 Å². The van der Waals surface area contributed by atoms with Crippen molar-refractivity contribution in [2.75, 3.05) is 26.2 Å². The minimum Gasteiger partial charge on any atom is -0.488 e. The van der Waals surface area contributed by atoms with Gasteiger partial charge < -0.3 is 50.0 Å². The molecule has 1 aromatic heterocycles. The highest BCUT2D eigenvalue weighted by Gasteiger charge is 2.23. The Morgan fingerprint density at radius 2 is 1.69 bits per heavy atom. The Kier molecular flexibility index (Phi) is 14.0. The van der Waals surface area contributed by atoms with E-state index < -0.39 is 30.6 Å². The van der Waals surface area contributed by atoms with Gasteiger partial charge in [0.1, 0.15) is 43.5 Å². The average molecular weight is 761 g/mol. The molecule has 3 aromatic carbocycles. The Morgan fingerprint density at radius 3 is 2.43 bits per heavy atom. The van der Waals surface area contributed by atoms with Crippen molar-refractivity contribution in [3.63, 3.8) is 0 Å². The fraction of sp³-hybridized carbons (Fsp3) is 0.333. The van der Waals surface area contributed by atoms with E-state index in [9.17, 15) is 25.1 Å². The largest absolute Gasteiger partial charge is 0.488 e. The molecular formula is C39H41ClN4O10. The highest BCUT2D eigenvalue weighted by atomic mass is 35.5. The SMILES string of the molecule is Cc1c(COc2cc(OCc3cncc(C#N)c3)c(CNC[C@@H](O)CC(=O)O)cc2Cl)cccc1-c1ccc2c(c1)OC(CNCC(O)CC(=O)O)CO2. The lowest BCUT2D eigenvalue weighted by atomic mass is 9.96. The topological polar surface area (TPSA) is 213 Å². The monoisotopic (exact) mass is 760 g/mol. The number of hydrogen-bond acceptors (Lipinski definition) is 12. The number of ether oxygens (including phenoxy) is 4. The molecule has 2 unspecified atom stereocenters. The molecule has 0 aliphatic carbocycles. The zero-order chi connectivity index (χ0) is 38.6. The van der Waals surface area contributed by atoms with Crippen LogP contribution in [0.25, 0.3) is 11.1 Å². The average Bonchev–Trinajstić information content (AvgIpc) is 3.13. The van der Waals surface area contributed by atoms with Crippen LogP contribution in [0.4, 0.5) is 0 Å². The zero-order valence-corrected chi connectivity index (χ0v) is 30.2. The van der Waals surface area contributed by atoms with Gasteiger partial charge in [-0.15, -0.1) is 0 Å². The lowest BCUT2D eigenvalue weighted by Crippen LogP contribution is -2.41. The van der Waals surface area contributed by atoms with E-state index in [1.54, 1.807) is 24.4 Å². The van der Waals surface area contributed by atoms with Crippen molar-refractivity contribution in [1.29, 1.82) is 5.26 Å². The summed E-state index contributed by atoms with van der Waals surface area (Å²) >= 11 is 6.70. The van der Waals surface area contributed by atoms with Gasteiger partial charge in [-0.3, -0.25) is 14.6 Å². The van der Waals surface area contributed by atoms with Crippen molar-refractivity contribution in [3.8, 4) is 40.2 Å². The van der Waals surface area contributed by atoms with Gasteiger partial charge in [0.25, 0.3) is 0 Å². The summed E-state index contributed by atoms with van der Waals surface area (Å²) in [4.78, 5) is 25.9. The van der Waals surface area contributed by atoms with Gasteiger partial charge in [0.2, 0.25) is 0 Å². The number of nitriles is 1. The Labute approximate surface area is 316 Å². The van der Waals surface area contributed by atoms with E-state index in [1.807, 2.05) is 43.3 Å². The predicted octanol–water partition coefficient (Wildman–Crippen LogP) is 4.23. The molecule has 14 nitrogen and oxygen atoms in total. The number of halogens is 1. The highest BCUT2D eigenvalue weighted by Crippen LogP contribution is 2.38. The summed E-state index contributed by atoms with van der Waals surface area (Å²) in [7, 11) is 0. The highest BCUT2D eigenvalue weighted by molar-refractivity contribution is 6.32. The summed E-state index contributed by atoms with van der Waals surface area (Å²) in [6.45, 7) is 3.30. The van der Waals surface area contributed by atoms with Crippen molar-refractivity contribution < 1.29 is 49.0 Å². The quantitative estimate of drug-likeness (QED) is 0.0790. The number of hydrogen-bond donors (Lipinski definition) is 6. The van der Waals surface area contributed by atoms with Crippen molar-refractivity contribution in [1.82, 2.24) is 15.6 Å². The fourth-order valence-electron chi connectivity index (χ4n) is 5.77. The molecule has 0 amide bonds. The molecule has 0 bridgehead atoms. The second-order valence-corrected chi connectivity index (χ2v) is 13.2. The molecule has 0 fully saturated rings. The van der Waals surface area contributed by atoms with Crippen LogP contribution in [0.1, 0.15) is 40.7 Å². The Balaban J connectivity index is 1.28. The second-order valence-electron chi connectivity index (χ2n) is 12.8. The normalized spacial score (nSPS) is 14.5. The van der Waals surface area contributed by atoms with E-state index in [0.29, 0.717) is 57.9 Å². The molecule has 2 heterocycles. The molecule has 15 heteroatoms. The van der Waals surface area contributed by atoms with Crippen molar-refractivity contribution in [2.24, 2.45) is 0 Å². The van der Waals surface area contributed by atoms with E-state index in [2.05, 4.69) is 21.7 Å². The third-order valence-electron chi connectivity index (χ3n) is 8.50. The summed E-state index contributed by atoms with van der Waals surface area (Å²) in [6.07, 6.45) is -0.113. The molecule has 0 radical (unpaired) electrons. The molecule has 0 spiro atoms. The van der Waals surface area contributed by atoms with Crippen LogP contribution in [0.3, 0.4) is 0 Å². The van der Waals surface area contributed by atoms with Gasteiger partial charge in [-0.25, -0.2) is 0 Å². The van der Waals surface area contributed by atoms with Crippen LogP contribution in [0.2, 0.25) is 5.02 Å². The molecule has 5 rings (SSSR count). The van der Waals surface area contributed by atoms with Crippen LogP contribution < -0.4 is 29.6 Å². The molecule has 1 aliphatic heterocycles. The summed E-state index contributed by atoms with van der Waals surface area (Å²) in [6, 6.07) is 18.7. The summed E-state index contributed by atoms with van der Waals surface area (Å²) in [5.41, 5.74) is 5.44. The minimum atomic E-state index is -1.11. The van der Waals surface area contributed by atoms with E-state index in [4.69, 9.17) is 40.8 Å². The van der Waals surface area contributed by atoms with Gasteiger partial charge in [0.05, 0.1) is 35.6 Å². The molecule has 4 aromatic rings. The molecular weight excluding hydrogens is 720 g/mol. The number of nitrogens with one attached hydrogen (secondary N) is 2. The van der Waals surface area contributed by atoms with Crippen molar-refractivity contribution in [3.05, 3.63) is 99.8 Å². The number of carboxylic acids is 2. The van der Waals surface area contributed by atoms with Gasteiger partial charge >= 0.3 is 11.9 Å². The van der Waals surface area contributed by atoms with Gasteiger partial charge in [0, 0.05) is 55.8 Å². The molecule has 284 valence electrons. The van der Waals surface area contributed by atoms with Gasteiger partial charge in [0.15, 0.2) is 11.5 Å². The predicted molar refractivity (Wildman–Crippen MR) is 197 cm³/mol. The molecule has 0 saturated carbocycles. The maximum Gasteiger partial charge on any atom is 0.306 e. The third kappa shape index (κ3) is 11.3.